The minimum Gasteiger partial charge on any atom is -0.457 e. The molecule has 2 fully saturated rings. The second-order valence-corrected chi connectivity index (χ2v) is 18.0. The molecule has 264 valence electrons. The number of aliphatic imine (C=N–C) groups is 1. The molecule has 4 atom stereocenters. The largest absolute Gasteiger partial charge is 0.457 e. The summed E-state index contributed by atoms with van der Waals surface area (Å²) in [5.41, 5.74) is 0.876. The first kappa shape index (κ1) is 38.2. The van der Waals surface area contributed by atoms with Crippen LogP contribution in [-0.4, -0.2) is 106 Å². The molecule has 2 N–H and O–H groups in total. The molecule has 0 aromatic rings. The summed E-state index contributed by atoms with van der Waals surface area (Å²) in [6.07, 6.45) is 2.54. The number of amides is 4. The van der Waals surface area contributed by atoms with E-state index in [9.17, 15) is 24.0 Å². The molecule has 2 saturated heterocycles. The van der Waals surface area contributed by atoms with Gasteiger partial charge in [0.2, 0.25) is 17.8 Å². The van der Waals surface area contributed by atoms with Gasteiger partial charge in [0.15, 0.2) is 8.32 Å². The summed E-state index contributed by atoms with van der Waals surface area (Å²) < 4.78 is 21.8. The fourth-order valence-corrected chi connectivity index (χ4v) is 7.21. The number of likely N-dealkylation sites (tertiary alicyclic amines) is 1. The van der Waals surface area contributed by atoms with E-state index in [1.807, 2.05) is 6.92 Å². The molecule has 0 radical (unpaired) electrons. The molecule has 0 bridgehead atoms. The number of carbonyl (C=O) groups excluding carboxylic acids is 5. The van der Waals surface area contributed by atoms with E-state index in [1.165, 1.54) is 18.2 Å². The molecule has 3 heterocycles. The monoisotopic (exact) mass is 687 g/mol. The number of piperidine rings is 1. The second kappa shape index (κ2) is 16.2. The fourth-order valence-electron chi connectivity index (χ4n) is 5.78. The van der Waals surface area contributed by atoms with E-state index < -0.39 is 32.4 Å². The van der Waals surface area contributed by atoms with Gasteiger partial charge >= 0.3 is 18.2 Å². The summed E-state index contributed by atoms with van der Waals surface area (Å²) in [5.74, 6) is -1.90. The lowest BCUT2D eigenvalue weighted by atomic mass is 9.74. The normalized spacial score (nSPS) is 20.7. The van der Waals surface area contributed by atoms with Crippen molar-refractivity contribution in [2.75, 3.05) is 39.5 Å². The van der Waals surface area contributed by atoms with Gasteiger partial charge in [0, 0.05) is 25.4 Å². The Hall–Kier alpha value is -4.24. The van der Waals surface area contributed by atoms with Crippen molar-refractivity contribution in [1.82, 2.24) is 20.4 Å². The van der Waals surface area contributed by atoms with E-state index in [2.05, 4.69) is 69.2 Å². The number of nitrogens with zero attached hydrogens (tertiary/aromatic N) is 3. The van der Waals surface area contributed by atoms with Crippen LogP contribution in [0.15, 0.2) is 54.2 Å². The van der Waals surface area contributed by atoms with Gasteiger partial charge in [-0.25, -0.2) is 14.4 Å². The van der Waals surface area contributed by atoms with Crippen LogP contribution in [0.2, 0.25) is 18.1 Å². The van der Waals surface area contributed by atoms with Crippen molar-refractivity contribution in [2.24, 2.45) is 16.8 Å². The Morgan fingerprint density at radius 2 is 1.56 bits per heavy atom. The number of carbonyl (C=O) groups is 5. The highest BCUT2D eigenvalue weighted by Gasteiger charge is 2.62. The molecule has 3 aliphatic heterocycles. The molecule has 3 aliphatic rings. The minimum atomic E-state index is -2.18. The van der Waals surface area contributed by atoms with Crippen LogP contribution in [0.5, 0.6) is 0 Å². The molecular formula is C33H49N5O9Si. The SMILES string of the molecule is C=CCOC(=O)NC(=NCCC(=O)N1CC[C@H]2C(=C(C(=O)OCC=C)N3C(=O)[C@H]([C@@H](C)O[Si](C)(C)C(C)(C)C)[C@@H]23)C1)NC(=O)OCC=C. The number of esters is 1. The first-order valence-corrected chi connectivity index (χ1v) is 18.9. The average Bonchev–Trinajstić information content (AvgIpc) is 3.30. The number of nitrogens with one attached hydrogen (secondary N) is 2. The van der Waals surface area contributed by atoms with Crippen molar-refractivity contribution in [3.05, 3.63) is 49.2 Å². The average molecular weight is 688 g/mol. The third-order valence-electron chi connectivity index (χ3n) is 9.04. The van der Waals surface area contributed by atoms with Gasteiger partial charge < -0.3 is 28.4 Å². The highest BCUT2D eigenvalue weighted by atomic mass is 28.4. The second-order valence-electron chi connectivity index (χ2n) is 13.3. The number of hydrogen-bond donors (Lipinski definition) is 2. The van der Waals surface area contributed by atoms with Crippen LogP contribution in [0.25, 0.3) is 0 Å². The standard InChI is InChI=1S/C33H49N5O9Si/c1-10-17-44-29(41)27-23-20-37(24(39)13-15-34-30(35-31(42)45-18-11-2)36-32(43)46-19-12-3)16-14-22(23)26-25(28(40)38(26)27)21(4)47-48(8,9)33(5,6)7/h10-12,21-22,25-26H,1-3,13-20H2,4-9H3,(H2,34,35,36,42,43)/t21-,22+,25-,26-/m1/s1. The number of rotatable bonds is 13. The summed E-state index contributed by atoms with van der Waals surface area (Å²) in [7, 11) is -2.18. The topological polar surface area (TPSA) is 165 Å². The highest BCUT2D eigenvalue weighted by Crippen LogP contribution is 2.51. The van der Waals surface area contributed by atoms with Crippen molar-refractivity contribution >= 4 is 44.2 Å². The third kappa shape index (κ3) is 8.80. The highest BCUT2D eigenvalue weighted by molar-refractivity contribution is 6.74. The van der Waals surface area contributed by atoms with E-state index >= 15 is 0 Å². The number of β-lactam (4-membered cyclic amide) rings is 1. The van der Waals surface area contributed by atoms with Gasteiger partial charge in [-0.05, 0) is 37.0 Å². The molecule has 0 aromatic heterocycles. The van der Waals surface area contributed by atoms with Crippen LogP contribution in [0, 0.1) is 11.8 Å². The van der Waals surface area contributed by atoms with Gasteiger partial charge in [0.1, 0.15) is 25.5 Å². The number of hydrogen-bond acceptors (Lipinski definition) is 10. The number of guanidine groups is 1. The Labute approximate surface area is 283 Å². The summed E-state index contributed by atoms with van der Waals surface area (Å²) in [6.45, 7) is 23.5. The summed E-state index contributed by atoms with van der Waals surface area (Å²) >= 11 is 0. The molecule has 0 spiro atoms. The van der Waals surface area contributed by atoms with E-state index in [0.29, 0.717) is 18.5 Å². The lowest BCUT2D eigenvalue weighted by molar-refractivity contribution is -0.164. The Balaban J connectivity index is 1.76. The Bertz CT molecular complexity index is 1340. The van der Waals surface area contributed by atoms with Crippen LogP contribution < -0.4 is 10.6 Å². The van der Waals surface area contributed by atoms with Gasteiger partial charge in [-0.3, -0.25) is 25.2 Å². The Kier molecular flexibility index (Phi) is 12.9. The smallest absolute Gasteiger partial charge is 0.414 e. The Morgan fingerprint density at radius 1 is 1.00 bits per heavy atom. The van der Waals surface area contributed by atoms with Crippen LogP contribution in [0.1, 0.15) is 40.5 Å². The molecule has 0 unspecified atom stereocenters. The van der Waals surface area contributed by atoms with Crippen molar-refractivity contribution in [2.45, 2.75) is 70.8 Å². The van der Waals surface area contributed by atoms with E-state index in [1.54, 1.807) is 9.80 Å². The lowest BCUT2D eigenvalue weighted by Gasteiger charge is -2.51. The zero-order chi connectivity index (χ0) is 35.8. The van der Waals surface area contributed by atoms with Crippen molar-refractivity contribution in [1.29, 1.82) is 0 Å². The molecule has 0 aromatic carbocycles. The molecule has 3 rings (SSSR count). The van der Waals surface area contributed by atoms with Crippen LogP contribution in [0.4, 0.5) is 9.59 Å². The first-order chi connectivity index (χ1) is 22.6. The third-order valence-corrected chi connectivity index (χ3v) is 13.6. The van der Waals surface area contributed by atoms with Gasteiger partial charge in [0.05, 0.1) is 24.6 Å². The zero-order valence-electron chi connectivity index (χ0n) is 28.8. The van der Waals surface area contributed by atoms with E-state index in [-0.39, 0.29) is 85.9 Å². The zero-order valence-corrected chi connectivity index (χ0v) is 29.8. The molecule has 14 nitrogen and oxygen atoms in total. The molecule has 0 saturated carbocycles. The molecule has 0 aliphatic carbocycles. The maximum atomic E-state index is 13.7. The molecular weight excluding hydrogens is 638 g/mol. The minimum absolute atomic E-state index is 0.0192. The van der Waals surface area contributed by atoms with Crippen molar-refractivity contribution < 1.29 is 42.6 Å². The van der Waals surface area contributed by atoms with Gasteiger partial charge in [0.25, 0.3) is 0 Å². The summed E-state index contributed by atoms with van der Waals surface area (Å²) in [4.78, 5) is 71.7. The lowest BCUT2D eigenvalue weighted by Crippen LogP contribution is -2.65. The summed E-state index contributed by atoms with van der Waals surface area (Å²) in [6, 6.07) is -0.262. The maximum absolute atomic E-state index is 13.7. The predicted molar refractivity (Wildman–Crippen MR) is 181 cm³/mol. The fraction of sp³-hybridized carbons (Fsp3) is 0.576. The predicted octanol–water partition coefficient (Wildman–Crippen LogP) is 3.64. The van der Waals surface area contributed by atoms with E-state index in [4.69, 9.17) is 18.6 Å². The van der Waals surface area contributed by atoms with Crippen LogP contribution in [-0.2, 0) is 33.0 Å². The Morgan fingerprint density at radius 3 is 2.10 bits per heavy atom. The van der Waals surface area contributed by atoms with Crippen molar-refractivity contribution in [3.8, 4) is 0 Å². The number of fused-ring (bicyclic) bond motifs is 3. The first-order valence-electron chi connectivity index (χ1n) is 16.0. The van der Waals surface area contributed by atoms with Crippen LogP contribution >= 0.6 is 0 Å². The quantitative estimate of drug-likeness (QED) is 0.0559. The van der Waals surface area contributed by atoms with E-state index in [0.717, 1.165) is 0 Å². The molecule has 15 heteroatoms. The maximum Gasteiger partial charge on any atom is 0.414 e. The molecule has 48 heavy (non-hydrogen) atoms. The summed E-state index contributed by atoms with van der Waals surface area (Å²) in [5, 5.41) is 4.56. The van der Waals surface area contributed by atoms with Crippen LogP contribution in [0.3, 0.4) is 0 Å². The van der Waals surface area contributed by atoms with Gasteiger partial charge in [-0.2, -0.15) is 0 Å². The number of ether oxygens (including phenoxy) is 3. The van der Waals surface area contributed by atoms with Gasteiger partial charge in [-0.15, -0.1) is 0 Å². The van der Waals surface area contributed by atoms with Crippen molar-refractivity contribution in [3.63, 3.8) is 0 Å². The number of alkyl carbamates (subject to hydrolysis) is 2. The van der Waals surface area contributed by atoms with Gasteiger partial charge in [-0.1, -0.05) is 58.7 Å². The molecule has 4 amide bonds.